The van der Waals surface area contributed by atoms with Crippen LogP contribution >= 0.6 is 11.6 Å². The number of hydrogen-bond donors (Lipinski definition) is 1. The van der Waals surface area contributed by atoms with E-state index in [4.69, 9.17) is 16.3 Å². The number of piperidine rings is 1. The number of carbonyl (C=O) groups is 1. The lowest BCUT2D eigenvalue weighted by Crippen LogP contribution is -2.48. The quantitative estimate of drug-likeness (QED) is 0.727. The van der Waals surface area contributed by atoms with Gasteiger partial charge in [-0.15, -0.1) is 0 Å². The predicted molar refractivity (Wildman–Crippen MR) is 113 cm³/mol. The van der Waals surface area contributed by atoms with Crippen molar-refractivity contribution in [1.29, 1.82) is 0 Å². The van der Waals surface area contributed by atoms with Crippen molar-refractivity contribution in [2.75, 3.05) is 27.2 Å². The molecule has 0 aliphatic carbocycles. The lowest BCUT2D eigenvalue weighted by Gasteiger charge is -2.32. The molecule has 3 rings (SSSR count). The summed E-state index contributed by atoms with van der Waals surface area (Å²) in [6.45, 7) is 2.05. The summed E-state index contributed by atoms with van der Waals surface area (Å²) in [6, 6.07) is 8.39. The maximum absolute atomic E-state index is 14.2. The Morgan fingerprint density at radius 1 is 1.20 bits per heavy atom. The number of hydrogen-bond acceptors (Lipinski definition) is 3. The molecular weight excluding hydrogens is 412 g/mol. The molecule has 8 heteroatoms. The van der Waals surface area contributed by atoms with Gasteiger partial charge in [0, 0.05) is 24.2 Å². The molecule has 1 N–H and O–H groups in total. The van der Waals surface area contributed by atoms with E-state index in [1.54, 1.807) is 18.2 Å². The van der Waals surface area contributed by atoms with Crippen molar-refractivity contribution in [2.45, 2.75) is 32.0 Å². The Labute approximate surface area is 180 Å². The first-order valence-electron chi connectivity index (χ1n) is 9.86. The Morgan fingerprint density at radius 3 is 2.60 bits per heavy atom. The highest BCUT2D eigenvalue weighted by molar-refractivity contribution is 6.32. The normalized spacial score (nSPS) is 15.1. The zero-order chi connectivity index (χ0) is 21.7. The Kier molecular flexibility index (Phi) is 7.50. The van der Waals surface area contributed by atoms with E-state index in [0.717, 1.165) is 37.6 Å². The number of halogens is 3. The van der Waals surface area contributed by atoms with Gasteiger partial charge in [-0.3, -0.25) is 0 Å². The molecule has 2 amide bonds. The van der Waals surface area contributed by atoms with Crippen LogP contribution in [0, 0.1) is 11.6 Å². The SMILES string of the molecule is COc1cc(CN(Cc2ccc(F)cc2F)C(=O)NC2CCN(C)CC2)ccc1Cl. The van der Waals surface area contributed by atoms with Crippen molar-refractivity contribution < 1.29 is 18.3 Å². The third-order valence-electron chi connectivity index (χ3n) is 5.30. The molecule has 1 saturated heterocycles. The molecule has 1 aliphatic rings. The summed E-state index contributed by atoms with van der Waals surface area (Å²) in [7, 11) is 3.57. The lowest BCUT2D eigenvalue weighted by atomic mass is 10.1. The molecule has 162 valence electrons. The van der Waals surface area contributed by atoms with E-state index in [0.29, 0.717) is 10.8 Å². The van der Waals surface area contributed by atoms with Crippen molar-refractivity contribution in [2.24, 2.45) is 0 Å². The standard InChI is InChI=1S/C22H26ClF2N3O2/c1-27-9-7-18(8-10-27)26-22(29)28(14-16-4-5-17(24)12-20(16)25)13-15-3-6-19(23)21(11-15)30-2/h3-6,11-12,18H,7-10,13-14H2,1-2H3,(H,26,29). The van der Waals surface area contributed by atoms with E-state index in [1.807, 2.05) is 0 Å². The van der Waals surface area contributed by atoms with Crippen molar-refractivity contribution in [3.8, 4) is 5.75 Å². The zero-order valence-electron chi connectivity index (χ0n) is 17.1. The average molecular weight is 438 g/mol. The van der Waals surface area contributed by atoms with Gasteiger partial charge in [0.1, 0.15) is 17.4 Å². The molecule has 1 aliphatic heterocycles. The van der Waals surface area contributed by atoms with Crippen LogP contribution in [0.3, 0.4) is 0 Å². The molecule has 1 heterocycles. The number of benzene rings is 2. The van der Waals surface area contributed by atoms with Crippen LogP contribution in [-0.2, 0) is 13.1 Å². The monoisotopic (exact) mass is 437 g/mol. The number of methoxy groups -OCH3 is 1. The number of amides is 2. The highest BCUT2D eigenvalue weighted by Crippen LogP contribution is 2.26. The van der Waals surface area contributed by atoms with E-state index < -0.39 is 11.6 Å². The number of ether oxygens (including phenoxy) is 1. The van der Waals surface area contributed by atoms with Crippen LogP contribution < -0.4 is 10.1 Å². The van der Waals surface area contributed by atoms with E-state index in [9.17, 15) is 13.6 Å². The summed E-state index contributed by atoms with van der Waals surface area (Å²) >= 11 is 6.09. The van der Waals surface area contributed by atoms with Gasteiger partial charge in [-0.25, -0.2) is 13.6 Å². The molecule has 2 aromatic carbocycles. The number of carbonyl (C=O) groups excluding carboxylic acids is 1. The first kappa shape index (κ1) is 22.3. The third-order valence-corrected chi connectivity index (χ3v) is 5.61. The Hall–Kier alpha value is -2.38. The number of likely N-dealkylation sites (tertiary alicyclic amines) is 1. The Bertz CT molecular complexity index is 889. The van der Waals surface area contributed by atoms with E-state index in [1.165, 1.54) is 24.1 Å². The van der Waals surface area contributed by atoms with Crippen molar-refractivity contribution in [3.63, 3.8) is 0 Å². The fourth-order valence-corrected chi connectivity index (χ4v) is 3.69. The second-order valence-corrected chi connectivity index (χ2v) is 7.99. The highest BCUT2D eigenvalue weighted by Gasteiger charge is 2.23. The van der Waals surface area contributed by atoms with Crippen LogP contribution in [0.25, 0.3) is 0 Å². The topological polar surface area (TPSA) is 44.8 Å². The minimum Gasteiger partial charge on any atom is -0.495 e. The Balaban J connectivity index is 1.79. The maximum atomic E-state index is 14.2. The molecule has 0 bridgehead atoms. The first-order valence-corrected chi connectivity index (χ1v) is 10.2. The van der Waals surface area contributed by atoms with Crippen molar-refractivity contribution >= 4 is 17.6 Å². The van der Waals surface area contributed by atoms with Crippen molar-refractivity contribution in [1.82, 2.24) is 15.1 Å². The molecule has 5 nitrogen and oxygen atoms in total. The summed E-state index contributed by atoms with van der Waals surface area (Å²) in [6.07, 6.45) is 1.71. The van der Waals surface area contributed by atoms with Gasteiger partial charge in [0.05, 0.1) is 18.7 Å². The number of nitrogens with one attached hydrogen (secondary N) is 1. The van der Waals surface area contributed by atoms with Gasteiger partial charge in [-0.05, 0) is 56.7 Å². The van der Waals surface area contributed by atoms with Crippen LogP contribution in [-0.4, -0.2) is 49.1 Å². The molecule has 0 unspecified atom stereocenters. The van der Waals surface area contributed by atoms with Crippen LogP contribution in [0.2, 0.25) is 5.02 Å². The molecule has 0 atom stereocenters. The summed E-state index contributed by atoms with van der Waals surface area (Å²) in [5.74, 6) is -0.834. The lowest BCUT2D eigenvalue weighted by molar-refractivity contribution is 0.175. The summed E-state index contributed by atoms with van der Waals surface area (Å²) in [5.41, 5.74) is 1.04. The number of nitrogens with zero attached hydrogens (tertiary/aromatic N) is 2. The van der Waals surface area contributed by atoms with E-state index in [2.05, 4.69) is 17.3 Å². The predicted octanol–water partition coefficient (Wildman–Crippen LogP) is 4.43. The first-order chi connectivity index (χ1) is 14.4. The fourth-order valence-electron chi connectivity index (χ4n) is 3.50. The largest absolute Gasteiger partial charge is 0.495 e. The molecular formula is C22H26ClF2N3O2. The minimum atomic E-state index is -0.680. The van der Waals surface area contributed by atoms with Crippen molar-refractivity contribution in [3.05, 3.63) is 64.2 Å². The maximum Gasteiger partial charge on any atom is 0.318 e. The molecule has 30 heavy (non-hydrogen) atoms. The van der Waals surface area contributed by atoms with Gasteiger partial charge < -0.3 is 19.9 Å². The van der Waals surface area contributed by atoms with Gasteiger partial charge >= 0.3 is 6.03 Å². The fraction of sp³-hybridized carbons (Fsp3) is 0.409. The van der Waals surface area contributed by atoms with Gasteiger partial charge in [-0.2, -0.15) is 0 Å². The summed E-state index contributed by atoms with van der Waals surface area (Å²) < 4.78 is 32.8. The summed E-state index contributed by atoms with van der Waals surface area (Å²) in [4.78, 5) is 16.8. The molecule has 0 spiro atoms. The van der Waals surface area contributed by atoms with E-state index in [-0.39, 0.29) is 30.7 Å². The van der Waals surface area contributed by atoms with E-state index >= 15 is 0 Å². The van der Waals surface area contributed by atoms with Crippen LogP contribution in [0.4, 0.5) is 13.6 Å². The third kappa shape index (κ3) is 5.83. The average Bonchev–Trinajstić information content (AvgIpc) is 2.72. The van der Waals surface area contributed by atoms with Gasteiger partial charge in [-0.1, -0.05) is 23.7 Å². The number of rotatable bonds is 6. The smallest absolute Gasteiger partial charge is 0.318 e. The molecule has 2 aromatic rings. The van der Waals surface area contributed by atoms with Gasteiger partial charge in [0.2, 0.25) is 0 Å². The molecule has 1 fully saturated rings. The van der Waals surface area contributed by atoms with Gasteiger partial charge in [0.15, 0.2) is 0 Å². The zero-order valence-corrected chi connectivity index (χ0v) is 17.9. The van der Waals surface area contributed by atoms with Crippen LogP contribution in [0.1, 0.15) is 24.0 Å². The second kappa shape index (κ2) is 10.1. The summed E-state index contributed by atoms with van der Waals surface area (Å²) in [5, 5.41) is 3.52. The van der Waals surface area contributed by atoms with Crippen LogP contribution in [0.5, 0.6) is 5.75 Å². The molecule has 0 saturated carbocycles. The minimum absolute atomic E-state index is 0.00944. The molecule has 0 radical (unpaired) electrons. The molecule has 0 aromatic heterocycles. The number of urea groups is 1. The van der Waals surface area contributed by atoms with Gasteiger partial charge in [0.25, 0.3) is 0 Å². The Morgan fingerprint density at radius 2 is 1.93 bits per heavy atom. The highest BCUT2D eigenvalue weighted by atomic mass is 35.5. The second-order valence-electron chi connectivity index (χ2n) is 7.59. The van der Waals surface area contributed by atoms with Crippen LogP contribution in [0.15, 0.2) is 36.4 Å².